The van der Waals surface area contributed by atoms with E-state index in [1.54, 1.807) is 0 Å². The number of urea groups is 1. The number of nitrogens with zero attached hydrogens (tertiary/aromatic N) is 1. The molecule has 2 saturated heterocycles. The van der Waals surface area contributed by atoms with Gasteiger partial charge in [-0.2, -0.15) is 0 Å². The molecule has 3 rings (SSSR count). The van der Waals surface area contributed by atoms with Gasteiger partial charge in [-0.3, -0.25) is 0 Å². The monoisotopic (exact) mass is 332 g/mol. The average Bonchev–Trinajstić information content (AvgIpc) is 3.03. The molecule has 2 aliphatic heterocycles. The summed E-state index contributed by atoms with van der Waals surface area (Å²) >= 11 is 0. The zero-order chi connectivity index (χ0) is 17.2. The number of nitrogens with one attached hydrogen (secondary N) is 1. The van der Waals surface area contributed by atoms with Crippen LogP contribution in [0.3, 0.4) is 0 Å². The minimum atomic E-state index is -0.541. The van der Waals surface area contributed by atoms with Gasteiger partial charge in [0.25, 0.3) is 0 Å². The Balaban J connectivity index is 1.61. The number of rotatable bonds is 3. The van der Waals surface area contributed by atoms with Crippen LogP contribution in [0.2, 0.25) is 0 Å². The predicted octanol–water partition coefficient (Wildman–Crippen LogP) is 3.24. The van der Waals surface area contributed by atoms with Crippen molar-refractivity contribution in [1.82, 2.24) is 10.2 Å². The van der Waals surface area contributed by atoms with Gasteiger partial charge >= 0.3 is 6.03 Å². The van der Waals surface area contributed by atoms with Crippen LogP contribution in [0.4, 0.5) is 4.79 Å². The Bertz CT molecular complexity index is 584. The lowest BCUT2D eigenvalue weighted by Gasteiger charge is -2.40. The van der Waals surface area contributed by atoms with E-state index >= 15 is 0 Å². The molecule has 0 spiro atoms. The molecule has 2 aliphatic rings. The number of benzene rings is 1. The molecule has 0 aliphatic carbocycles. The van der Waals surface area contributed by atoms with Gasteiger partial charge in [-0.25, -0.2) is 4.79 Å². The maximum absolute atomic E-state index is 12.7. The summed E-state index contributed by atoms with van der Waals surface area (Å²) in [5.74, 6) is -0.311. The molecule has 1 aromatic rings. The summed E-state index contributed by atoms with van der Waals surface area (Å²) in [5, 5.41) is 3.14. The summed E-state index contributed by atoms with van der Waals surface area (Å²) in [6, 6.07) is 8.17. The Labute approximate surface area is 144 Å². The van der Waals surface area contributed by atoms with E-state index in [-0.39, 0.29) is 18.0 Å². The molecule has 1 N–H and O–H groups in total. The number of amides is 2. The zero-order valence-corrected chi connectivity index (χ0v) is 14.9. The molecule has 2 fully saturated rings. The second-order valence-corrected chi connectivity index (χ2v) is 7.03. The van der Waals surface area contributed by atoms with E-state index in [9.17, 15) is 4.79 Å². The first kappa shape index (κ1) is 17.2. The highest BCUT2D eigenvalue weighted by Crippen LogP contribution is 2.34. The first-order chi connectivity index (χ1) is 11.5. The Hall–Kier alpha value is -1.59. The van der Waals surface area contributed by atoms with Crippen molar-refractivity contribution in [2.45, 2.75) is 45.4 Å². The second kappa shape index (κ2) is 7.11. The first-order valence-electron chi connectivity index (χ1n) is 8.88. The number of piperidine rings is 1. The highest BCUT2D eigenvalue weighted by atomic mass is 16.7. The average molecular weight is 332 g/mol. The molecular formula is C19H28N2O3. The van der Waals surface area contributed by atoms with Gasteiger partial charge in [-0.1, -0.05) is 24.3 Å². The third kappa shape index (κ3) is 3.57. The van der Waals surface area contributed by atoms with Gasteiger partial charge in [-0.05, 0) is 44.7 Å². The minimum absolute atomic E-state index is 0.00273. The molecule has 0 unspecified atom stereocenters. The topological polar surface area (TPSA) is 50.8 Å². The molecule has 5 nitrogen and oxygen atoms in total. The maximum Gasteiger partial charge on any atom is 0.317 e. The van der Waals surface area contributed by atoms with Crippen LogP contribution >= 0.6 is 0 Å². The van der Waals surface area contributed by atoms with Crippen LogP contribution in [0, 0.1) is 12.8 Å². The van der Waals surface area contributed by atoms with Crippen LogP contribution in [-0.2, 0) is 9.47 Å². The number of ether oxygens (including phenoxy) is 2. The molecule has 0 aromatic heterocycles. The highest BCUT2D eigenvalue weighted by Gasteiger charge is 2.42. The number of aryl methyl sites for hydroxylation is 1. The van der Waals surface area contributed by atoms with Crippen molar-refractivity contribution in [3.8, 4) is 0 Å². The summed E-state index contributed by atoms with van der Waals surface area (Å²) in [7, 11) is 0. The third-order valence-corrected chi connectivity index (χ3v) is 5.31. The Morgan fingerprint density at radius 1 is 1.33 bits per heavy atom. The fourth-order valence-corrected chi connectivity index (χ4v) is 3.78. The second-order valence-electron chi connectivity index (χ2n) is 7.03. The third-order valence-electron chi connectivity index (χ3n) is 5.31. The Morgan fingerprint density at radius 2 is 2.04 bits per heavy atom. The summed E-state index contributed by atoms with van der Waals surface area (Å²) < 4.78 is 11.6. The van der Waals surface area contributed by atoms with Gasteiger partial charge < -0.3 is 19.7 Å². The van der Waals surface area contributed by atoms with E-state index in [0.717, 1.165) is 24.9 Å². The lowest BCUT2D eigenvalue weighted by molar-refractivity contribution is -0.189. The largest absolute Gasteiger partial charge is 0.347 e. The molecule has 0 saturated carbocycles. The predicted molar refractivity (Wildman–Crippen MR) is 92.7 cm³/mol. The summed E-state index contributed by atoms with van der Waals surface area (Å²) in [5.41, 5.74) is 2.36. The van der Waals surface area contributed by atoms with Crippen LogP contribution < -0.4 is 5.32 Å². The van der Waals surface area contributed by atoms with Crippen LogP contribution in [0.5, 0.6) is 0 Å². The summed E-state index contributed by atoms with van der Waals surface area (Å²) in [6.07, 6.45) is 2.02. The molecule has 2 heterocycles. The van der Waals surface area contributed by atoms with Crippen molar-refractivity contribution >= 4 is 6.03 Å². The van der Waals surface area contributed by atoms with Gasteiger partial charge in [0.15, 0.2) is 5.79 Å². The molecule has 5 heteroatoms. The maximum atomic E-state index is 12.7. The standard InChI is InChI=1S/C19H28N2O3/c1-14-7-4-5-9-17(14)15(2)20-18(22)21-10-6-8-16(13-21)19(3)23-11-12-24-19/h4-5,7,9,15-16H,6,8,10-13H2,1-3H3,(H,20,22)/t15-,16-/m1/s1. The van der Waals surface area contributed by atoms with Crippen molar-refractivity contribution in [2.24, 2.45) is 5.92 Å². The van der Waals surface area contributed by atoms with Crippen LogP contribution in [0.15, 0.2) is 24.3 Å². The van der Waals surface area contributed by atoms with E-state index in [1.165, 1.54) is 5.56 Å². The van der Waals surface area contributed by atoms with Crippen molar-refractivity contribution in [1.29, 1.82) is 0 Å². The molecule has 0 radical (unpaired) electrons. The molecule has 132 valence electrons. The van der Waals surface area contributed by atoms with E-state index in [4.69, 9.17) is 9.47 Å². The molecule has 24 heavy (non-hydrogen) atoms. The van der Waals surface area contributed by atoms with Crippen LogP contribution in [-0.4, -0.2) is 43.0 Å². The fourth-order valence-electron chi connectivity index (χ4n) is 3.78. The lowest BCUT2D eigenvalue weighted by Crippen LogP contribution is -2.51. The number of hydrogen-bond acceptors (Lipinski definition) is 3. The number of carbonyl (C=O) groups excluding carboxylic acids is 1. The summed E-state index contributed by atoms with van der Waals surface area (Å²) in [4.78, 5) is 14.6. The minimum Gasteiger partial charge on any atom is -0.347 e. The quantitative estimate of drug-likeness (QED) is 0.924. The number of likely N-dealkylation sites (tertiary alicyclic amines) is 1. The van der Waals surface area contributed by atoms with Crippen molar-refractivity contribution in [3.05, 3.63) is 35.4 Å². The van der Waals surface area contributed by atoms with E-state index in [0.29, 0.717) is 19.8 Å². The van der Waals surface area contributed by atoms with E-state index < -0.39 is 5.79 Å². The van der Waals surface area contributed by atoms with Gasteiger partial charge in [0, 0.05) is 19.0 Å². The van der Waals surface area contributed by atoms with Gasteiger partial charge in [-0.15, -0.1) is 0 Å². The number of carbonyl (C=O) groups is 1. The van der Waals surface area contributed by atoms with E-state index in [1.807, 2.05) is 30.9 Å². The molecule has 2 atom stereocenters. The SMILES string of the molecule is Cc1ccccc1[C@@H](C)NC(=O)N1CCC[C@@H](C2(C)OCCO2)C1. The lowest BCUT2D eigenvalue weighted by atomic mass is 9.90. The van der Waals surface area contributed by atoms with Gasteiger partial charge in [0.05, 0.1) is 19.3 Å². The highest BCUT2D eigenvalue weighted by molar-refractivity contribution is 5.75. The van der Waals surface area contributed by atoms with Gasteiger partial charge in [0.1, 0.15) is 0 Å². The van der Waals surface area contributed by atoms with Crippen LogP contribution in [0.1, 0.15) is 43.9 Å². The fraction of sp³-hybridized carbons (Fsp3) is 0.632. The molecule has 0 bridgehead atoms. The van der Waals surface area contributed by atoms with E-state index in [2.05, 4.69) is 24.4 Å². The van der Waals surface area contributed by atoms with Crippen LogP contribution in [0.25, 0.3) is 0 Å². The smallest absolute Gasteiger partial charge is 0.317 e. The zero-order valence-electron chi connectivity index (χ0n) is 14.9. The summed E-state index contributed by atoms with van der Waals surface area (Å²) in [6.45, 7) is 8.87. The Morgan fingerprint density at radius 3 is 2.75 bits per heavy atom. The van der Waals surface area contributed by atoms with Crippen molar-refractivity contribution in [2.75, 3.05) is 26.3 Å². The molecule has 1 aromatic carbocycles. The first-order valence-corrected chi connectivity index (χ1v) is 8.88. The van der Waals surface area contributed by atoms with Gasteiger partial charge in [0.2, 0.25) is 0 Å². The molecule has 2 amide bonds. The van der Waals surface area contributed by atoms with Crippen molar-refractivity contribution < 1.29 is 14.3 Å². The Kier molecular flexibility index (Phi) is 5.11. The molecular weight excluding hydrogens is 304 g/mol. The van der Waals surface area contributed by atoms with Crippen molar-refractivity contribution in [3.63, 3.8) is 0 Å². The normalized spacial score (nSPS) is 24.6. The number of hydrogen-bond donors (Lipinski definition) is 1.